The van der Waals surface area contributed by atoms with E-state index in [0.717, 1.165) is 51.4 Å². The average molecular weight is 806 g/mol. The lowest BCUT2D eigenvalue weighted by Crippen LogP contribution is -2.62. The lowest BCUT2D eigenvalue weighted by atomic mass is 9.82. The molecule has 5 fully saturated rings. The minimum absolute atomic E-state index is 0.0185. The highest BCUT2D eigenvalue weighted by molar-refractivity contribution is 6.38. The van der Waals surface area contributed by atoms with E-state index >= 15 is 4.79 Å². The molecule has 6 atom stereocenters. The van der Waals surface area contributed by atoms with Gasteiger partial charge in [0.05, 0.1) is 24.8 Å². The molecule has 2 aliphatic carbocycles. The van der Waals surface area contributed by atoms with Crippen LogP contribution in [0.3, 0.4) is 0 Å². The molecule has 16 heteroatoms. The Hall–Kier alpha value is -4.47. The molecule has 6 amide bonds. The Morgan fingerprint density at radius 3 is 2.26 bits per heavy atom. The number of nitrogens with zero attached hydrogens (tertiary/aromatic N) is 5. The number of ketones is 1. The number of nitrogens with one attached hydrogen (secondary N) is 4. The van der Waals surface area contributed by atoms with Gasteiger partial charge in [0.15, 0.2) is 0 Å². The third-order valence-corrected chi connectivity index (χ3v) is 12.8. The first-order valence-corrected chi connectivity index (χ1v) is 21.5. The summed E-state index contributed by atoms with van der Waals surface area (Å²) in [5.41, 5.74) is -1.77. The van der Waals surface area contributed by atoms with E-state index in [1.165, 1.54) is 23.5 Å². The Balaban J connectivity index is 1.31. The first-order chi connectivity index (χ1) is 27.5. The molecule has 16 nitrogen and oxygen atoms in total. The van der Waals surface area contributed by atoms with Gasteiger partial charge in [0.25, 0.3) is 11.8 Å². The maximum atomic E-state index is 15.2. The average Bonchev–Trinajstić information content (AvgIpc) is 3.62. The van der Waals surface area contributed by atoms with Gasteiger partial charge in [0, 0.05) is 37.9 Å². The first-order valence-electron chi connectivity index (χ1n) is 21.5. The topological polar surface area (TPSA) is 203 Å². The number of hydrogen-bond acceptors (Lipinski definition) is 10. The van der Waals surface area contributed by atoms with Crippen molar-refractivity contribution in [3.05, 3.63) is 24.3 Å². The highest BCUT2D eigenvalue weighted by atomic mass is 16.2. The molecule has 1 aromatic rings. The molecule has 1 aromatic heterocycles. The van der Waals surface area contributed by atoms with Crippen LogP contribution in [0.15, 0.2) is 18.6 Å². The predicted molar refractivity (Wildman–Crippen MR) is 213 cm³/mol. The zero-order chi connectivity index (χ0) is 41.9. The summed E-state index contributed by atoms with van der Waals surface area (Å²) in [6, 6.07) is -4.74. The molecule has 5 aliphatic rings. The van der Waals surface area contributed by atoms with Gasteiger partial charge in [-0.1, -0.05) is 53.9 Å². The second-order valence-electron chi connectivity index (χ2n) is 18.5. The summed E-state index contributed by atoms with van der Waals surface area (Å²) < 4.78 is 0. The van der Waals surface area contributed by atoms with E-state index in [0.29, 0.717) is 25.9 Å². The van der Waals surface area contributed by atoms with Crippen molar-refractivity contribution >= 4 is 41.2 Å². The summed E-state index contributed by atoms with van der Waals surface area (Å²) in [6.07, 6.45) is 12.4. The van der Waals surface area contributed by atoms with Crippen LogP contribution in [0.25, 0.3) is 0 Å². The van der Waals surface area contributed by atoms with Crippen LogP contribution in [0.2, 0.25) is 0 Å². The summed E-state index contributed by atoms with van der Waals surface area (Å²) in [4.78, 5) is 112. The van der Waals surface area contributed by atoms with Gasteiger partial charge in [-0.15, -0.1) is 0 Å². The van der Waals surface area contributed by atoms with Gasteiger partial charge < -0.3 is 31.1 Å². The van der Waals surface area contributed by atoms with Crippen LogP contribution in [0.1, 0.15) is 129 Å². The molecule has 3 aliphatic heterocycles. The molecule has 3 saturated heterocycles. The Bertz CT molecular complexity index is 1720. The van der Waals surface area contributed by atoms with Gasteiger partial charge in [-0.25, -0.2) is 4.98 Å². The van der Waals surface area contributed by atoms with Crippen molar-refractivity contribution < 1.29 is 33.6 Å². The quantitative estimate of drug-likeness (QED) is 0.190. The molecule has 1 spiro atoms. The number of aromatic nitrogens is 2. The molecule has 0 bridgehead atoms. The fourth-order valence-corrected chi connectivity index (χ4v) is 9.47. The van der Waals surface area contributed by atoms with Gasteiger partial charge >= 0.3 is 0 Å². The minimum Gasteiger partial charge on any atom is -0.347 e. The second-order valence-corrected chi connectivity index (χ2v) is 18.5. The van der Waals surface area contributed by atoms with Crippen molar-refractivity contribution in [2.45, 2.75) is 161 Å². The fourth-order valence-electron chi connectivity index (χ4n) is 9.47. The SMILES string of the molecule is CCN1C(=O)C2CCCN2C12C[C@@H](C(=O)NC(CCC(C)C)C(=O)C(=O)NC1CC1)N(C(=O)[C@@H](NC(=O)[C@@H](NC(=O)c1cnccn1)C1CCCCC1)C(C)(C)C)C2. The van der Waals surface area contributed by atoms with Crippen molar-refractivity contribution in [2.75, 3.05) is 19.6 Å². The van der Waals surface area contributed by atoms with Gasteiger partial charge in [0.1, 0.15) is 29.5 Å². The van der Waals surface area contributed by atoms with Crippen LogP contribution in [0.4, 0.5) is 0 Å². The first kappa shape index (κ1) is 43.1. The maximum absolute atomic E-state index is 15.2. The summed E-state index contributed by atoms with van der Waals surface area (Å²) in [6.45, 7) is 12.4. The Morgan fingerprint density at radius 2 is 1.64 bits per heavy atom. The Kier molecular flexibility index (Phi) is 13.2. The lowest BCUT2D eigenvalue weighted by Gasteiger charge is -2.40. The zero-order valence-electron chi connectivity index (χ0n) is 35.1. The number of fused-ring (bicyclic) bond motifs is 2. The highest BCUT2D eigenvalue weighted by Crippen LogP contribution is 2.46. The Morgan fingerprint density at radius 1 is 0.914 bits per heavy atom. The van der Waals surface area contributed by atoms with E-state index in [1.807, 2.05) is 41.5 Å². The van der Waals surface area contributed by atoms with Gasteiger partial charge in [-0.2, -0.15) is 0 Å². The molecular formula is C42H63N9O7. The number of likely N-dealkylation sites (tertiary alicyclic amines) is 1. The predicted octanol–water partition coefficient (Wildman–Crippen LogP) is 2.08. The van der Waals surface area contributed by atoms with Crippen molar-refractivity contribution in [3.63, 3.8) is 0 Å². The second kappa shape index (κ2) is 17.8. The Labute approximate surface area is 341 Å². The van der Waals surface area contributed by atoms with Crippen LogP contribution in [0, 0.1) is 17.3 Å². The van der Waals surface area contributed by atoms with Crippen LogP contribution in [0.5, 0.6) is 0 Å². The molecule has 0 aromatic carbocycles. The van der Waals surface area contributed by atoms with Crippen LogP contribution in [-0.2, 0) is 28.8 Å². The molecule has 2 saturated carbocycles. The number of carbonyl (C=O) groups excluding carboxylic acids is 7. The van der Waals surface area contributed by atoms with Gasteiger partial charge in [0.2, 0.25) is 29.4 Å². The summed E-state index contributed by atoms with van der Waals surface area (Å²) in [5.74, 6) is -3.64. The van der Waals surface area contributed by atoms with E-state index < -0.39 is 70.6 Å². The number of hydrogen-bond donors (Lipinski definition) is 4. The van der Waals surface area contributed by atoms with Crippen molar-refractivity contribution in [3.8, 4) is 0 Å². The van der Waals surface area contributed by atoms with E-state index in [-0.39, 0.29) is 54.9 Å². The molecule has 3 unspecified atom stereocenters. The fraction of sp³-hybridized carbons (Fsp3) is 0.738. The van der Waals surface area contributed by atoms with E-state index in [1.54, 1.807) is 4.90 Å². The van der Waals surface area contributed by atoms with E-state index in [2.05, 4.69) is 36.1 Å². The lowest BCUT2D eigenvalue weighted by molar-refractivity contribution is -0.145. The standard InChI is InChI=1S/C42H63N9O7/c1-7-50-39(57)30-14-11-21-51(30)42(50)22-31(36(54)46-28(18-15-25(2)3)33(52)38(56)45-27-16-17-27)49(24-42)40(58)34(41(4,5)6)48-37(55)32(26-12-9-8-10-13-26)47-35(53)29-23-43-19-20-44-29/h19-20,23,25-28,30-32,34H,7-18,21-22,24H2,1-6H3,(H,45,56)(H,46,54)(H,47,53)(H,48,55)/t28?,30?,31-,32-,34+,42?/m0/s1. The largest absolute Gasteiger partial charge is 0.347 e. The third kappa shape index (κ3) is 9.21. The molecule has 4 heterocycles. The molecular weight excluding hydrogens is 743 g/mol. The van der Waals surface area contributed by atoms with Gasteiger partial charge in [-0.05, 0) is 75.5 Å². The molecule has 6 rings (SSSR count). The maximum Gasteiger partial charge on any atom is 0.289 e. The molecule has 318 valence electrons. The molecule has 4 N–H and O–H groups in total. The normalized spacial score (nSPS) is 25.3. The molecule has 0 radical (unpaired) electrons. The van der Waals surface area contributed by atoms with Crippen LogP contribution >= 0.6 is 0 Å². The van der Waals surface area contributed by atoms with Crippen LogP contribution in [-0.4, -0.2) is 127 Å². The van der Waals surface area contributed by atoms with Crippen molar-refractivity contribution in [1.29, 1.82) is 0 Å². The number of carbonyl (C=O) groups is 7. The zero-order valence-corrected chi connectivity index (χ0v) is 35.1. The number of likely N-dealkylation sites (N-methyl/N-ethyl adjacent to an activating group) is 1. The monoisotopic (exact) mass is 805 g/mol. The van der Waals surface area contributed by atoms with Crippen molar-refractivity contribution in [2.24, 2.45) is 17.3 Å². The highest BCUT2D eigenvalue weighted by Gasteiger charge is 2.64. The summed E-state index contributed by atoms with van der Waals surface area (Å²) in [7, 11) is 0. The smallest absolute Gasteiger partial charge is 0.289 e. The van der Waals surface area contributed by atoms with E-state index in [9.17, 15) is 28.8 Å². The number of Topliss-reactive ketones (excluding diaryl/α,β-unsaturated/α-hetero) is 1. The van der Waals surface area contributed by atoms with E-state index in [4.69, 9.17) is 0 Å². The van der Waals surface area contributed by atoms with Crippen LogP contribution < -0.4 is 21.3 Å². The summed E-state index contributed by atoms with van der Waals surface area (Å²) >= 11 is 0. The number of rotatable bonds is 15. The third-order valence-electron chi connectivity index (χ3n) is 12.8. The minimum atomic E-state index is -1.14. The molecule has 58 heavy (non-hydrogen) atoms. The summed E-state index contributed by atoms with van der Waals surface area (Å²) in [5, 5.41) is 11.6. The van der Waals surface area contributed by atoms with Crippen molar-refractivity contribution in [1.82, 2.24) is 45.9 Å². The van der Waals surface area contributed by atoms with Gasteiger partial charge in [-0.3, -0.25) is 43.4 Å². The number of amides is 6.